The van der Waals surface area contributed by atoms with E-state index < -0.39 is 0 Å². The third kappa shape index (κ3) is 4.77. The van der Waals surface area contributed by atoms with Gasteiger partial charge in [0.25, 0.3) is 0 Å². The molecule has 0 aromatic carbocycles. The number of carbonyl (C=O) groups is 1. The fourth-order valence-corrected chi connectivity index (χ4v) is 2.79. The molecule has 84 valence electrons. The quantitative estimate of drug-likeness (QED) is 0.791. The van der Waals surface area contributed by atoms with Gasteiger partial charge in [-0.15, -0.1) is 11.3 Å². The standard InChI is InChI=1S/C10H15BrN2OS/c11-9-6-5-8(15-9)7(12)3-1-2-4-10(13)14/h5-7H,1-4,12H2,(H2,13,14). The number of nitrogens with two attached hydrogens (primary N) is 2. The minimum absolute atomic E-state index is 0.0779. The van der Waals surface area contributed by atoms with Gasteiger partial charge in [0.2, 0.25) is 5.91 Å². The Morgan fingerprint density at radius 2 is 2.20 bits per heavy atom. The molecule has 1 heterocycles. The first-order valence-electron chi connectivity index (χ1n) is 4.88. The lowest BCUT2D eigenvalue weighted by Crippen LogP contribution is -2.11. The molecule has 3 nitrogen and oxygen atoms in total. The second kappa shape index (κ2) is 6.25. The number of hydrogen-bond acceptors (Lipinski definition) is 3. The smallest absolute Gasteiger partial charge is 0.217 e. The van der Waals surface area contributed by atoms with Crippen molar-refractivity contribution < 1.29 is 4.79 Å². The average Bonchev–Trinajstić information content (AvgIpc) is 2.59. The van der Waals surface area contributed by atoms with Crippen LogP contribution in [-0.2, 0) is 4.79 Å². The molecule has 4 N–H and O–H groups in total. The highest BCUT2D eigenvalue weighted by atomic mass is 79.9. The van der Waals surface area contributed by atoms with Gasteiger partial charge in [-0.25, -0.2) is 0 Å². The number of hydrogen-bond donors (Lipinski definition) is 2. The van der Waals surface area contributed by atoms with Crippen LogP contribution in [0.1, 0.15) is 36.6 Å². The third-order valence-electron chi connectivity index (χ3n) is 2.15. The maximum Gasteiger partial charge on any atom is 0.217 e. The Hall–Kier alpha value is -0.390. The number of primary amides is 1. The van der Waals surface area contributed by atoms with E-state index in [0.29, 0.717) is 6.42 Å². The van der Waals surface area contributed by atoms with Gasteiger partial charge < -0.3 is 11.5 Å². The Kier molecular flexibility index (Phi) is 5.28. The molecule has 1 unspecified atom stereocenters. The van der Waals surface area contributed by atoms with Crippen LogP contribution < -0.4 is 11.5 Å². The molecular formula is C10H15BrN2OS. The zero-order chi connectivity index (χ0) is 11.3. The molecule has 0 radical (unpaired) electrons. The summed E-state index contributed by atoms with van der Waals surface area (Å²) < 4.78 is 1.10. The second-order valence-electron chi connectivity index (χ2n) is 3.46. The van der Waals surface area contributed by atoms with Gasteiger partial charge in [-0.05, 0) is 40.9 Å². The van der Waals surface area contributed by atoms with Crippen molar-refractivity contribution in [2.24, 2.45) is 11.5 Å². The van der Waals surface area contributed by atoms with Gasteiger partial charge >= 0.3 is 0 Å². The summed E-state index contributed by atoms with van der Waals surface area (Å²) in [5, 5.41) is 0. The first-order valence-corrected chi connectivity index (χ1v) is 6.49. The molecule has 1 atom stereocenters. The molecule has 0 aliphatic carbocycles. The van der Waals surface area contributed by atoms with Crippen molar-refractivity contribution in [3.05, 3.63) is 20.8 Å². The number of carbonyl (C=O) groups excluding carboxylic acids is 1. The molecule has 0 saturated heterocycles. The molecule has 15 heavy (non-hydrogen) atoms. The number of unbranched alkanes of at least 4 members (excludes halogenated alkanes) is 1. The van der Waals surface area contributed by atoms with E-state index in [2.05, 4.69) is 15.9 Å². The normalized spacial score (nSPS) is 12.7. The number of rotatable bonds is 6. The zero-order valence-electron chi connectivity index (χ0n) is 8.41. The average molecular weight is 291 g/mol. The van der Waals surface area contributed by atoms with Crippen LogP contribution >= 0.6 is 27.3 Å². The van der Waals surface area contributed by atoms with Crippen molar-refractivity contribution in [1.82, 2.24) is 0 Å². The fourth-order valence-electron chi connectivity index (χ4n) is 1.33. The van der Waals surface area contributed by atoms with Crippen LogP contribution in [0.5, 0.6) is 0 Å². The molecule has 0 saturated carbocycles. The van der Waals surface area contributed by atoms with Crippen LogP contribution in [0.25, 0.3) is 0 Å². The lowest BCUT2D eigenvalue weighted by atomic mass is 10.1. The number of halogens is 1. The van der Waals surface area contributed by atoms with Crippen LogP contribution in [0, 0.1) is 0 Å². The van der Waals surface area contributed by atoms with Gasteiger partial charge in [0, 0.05) is 17.3 Å². The number of amides is 1. The summed E-state index contributed by atoms with van der Waals surface area (Å²) in [6, 6.07) is 4.12. The van der Waals surface area contributed by atoms with Crippen LogP contribution in [0.2, 0.25) is 0 Å². The fraction of sp³-hybridized carbons (Fsp3) is 0.500. The Balaban J connectivity index is 2.24. The maximum atomic E-state index is 10.5. The Morgan fingerprint density at radius 1 is 1.47 bits per heavy atom. The van der Waals surface area contributed by atoms with E-state index in [9.17, 15) is 4.79 Å². The minimum Gasteiger partial charge on any atom is -0.370 e. The van der Waals surface area contributed by atoms with Crippen molar-refractivity contribution >= 4 is 33.2 Å². The van der Waals surface area contributed by atoms with Gasteiger partial charge in [0.1, 0.15) is 0 Å². The summed E-state index contributed by atoms with van der Waals surface area (Å²) in [6.45, 7) is 0. The molecule has 1 rings (SSSR count). The first kappa shape index (κ1) is 12.7. The van der Waals surface area contributed by atoms with E-state index in [1.54, 1.807) is 11.3 Å². The SMILES string of the molecule is NC(=O)CCCCC(N)c1ccc(Br)s1. The predicted octanol–water partition coefficient (Wildman–Crippen LogP) is 2.56. The van der Waals surface area contributed by atoms with E-state index in [0.717, 1.165) is 23.0 Å². The summed E-state index contributed by atoms with van der Waals surface area (Å²) in [5.41, 5.74) is 11.0. The molecule has 0 bridgehead atoms. The van der Waals surface area contributed by atoms with Crippen molar-refractivity contribution in [3.8, 4) is 0 Å². The monoisotopic (exact) mass is 290 g/mol. The van der Waals surface area contributed by atoms with Crippen LogP contribution in [0.3, 0.4) is 0 Å². The molecule has 0 aliphatic heterocycles. The highest BCUT2D eigenvalue weighted by molar-refractivity contribution is 9.11. The van der Waals surface area contributed by atoms with Crippen molar-refractivity contribution in [2.45, 2.75) is 31.7 Å². The summed E-state index contributed by atoms with van der Waals surface area (Å²) in [7, 11) is 0. The molecule has 0 spiro atoms. The molecule has 0 fully saturated rings. The first-order chi connectivity index (χ1) is 7.09. The molecule has 0 aliphatic rings. The van der Waals surface area contributed by atoms with E-state index >= 15 is 0 Å². The summed E-state index contributed by atoms with van der Waals surface area (Å²) in [6.07, 6.45) is 3.14. The molecule has 1 aromatic rings. The van der Waals surface area contributed by atoms with Gasteiger partial charge in [-0.2, -0.15) is 0 Å². The molecule has 1 aromatic heterocycles. The summed E-state index contributed by atoms with van der Waals surface area (Å²) in [4.78, 5) is 11.7. The molecular weight excluding hydrogens is 276 g/mol. The van der Waals surface area contributed by atoms with Crippen molar-refractivity contribution in [1.29, 1.82) is 0 Å². The van der Waals surface area contributed by atoms with Crippen molar-refractivity contribution in [2.75, 3.05) is 0 Å². The Morgan fingerprint density at radius 3 is 2.73 bits per heavy atom. The van der Waals surface area contributed by atoms with Gasteiger partial charge in [0.05, 0.1) is 3.79 Å². The zero-order valence-corrected chi connectivity index (χ0v) is 10.8. The van der Waals surface area contributed by atoms with E-state index in [1.807, 2.05) is 12.1 Å². The van der Waals surface area contributed by atoms with E-state index in [1.165, 1.54) is 4.88 Å². The Labute approximate surface area is 102 Å². The van der Waals surface area contributed by atoms with E-state index in [-0.39, 0.29) is 11.9 Å². The Bertz CT molecular complexity index is 327. The lowest BCUT2D eigenvalue weighted by Gasteiger charge is -2.08. The predicted molar refractivity (Wildman–Crippen MR) is 66.6 cm³/mol. The molecule has 1 amide bonds. The maximum absolute atomic E-state index is 10.5. The van der Waals surface area contributed by atoms with Gasteiger partial charge in [-0.1, -0.05) is 6.42 Å². The van der Waals surface area contributed by atoms with Crippen molar-refractivity contribution in [3.63, 3.8) is 0 Å². The van der Waals surface area contributed by atoms with Crippen LogP contribution in [0.15, 0.2) is 15.9 Å². The van der Waals surface area contributed by atoms with Gasteiger partial charge in [0.15, 0.2) is 0 Å². The van der Waals surface area contributed by atoms with Crippen LogP contribution in [-0.4, -0.2) is 5.91 Å². The topological polar surface area (TPSA) is 69.1 Å². The highest BCUT2D eigenvalue weighted by Crippen LogP contribution is 2.28. The van der Waals surface area contributed by atoms with Crippen LogP contribution in [0.4, 0.5) is 0 Å². The summed E-state index contributed by atoms with van der Waals surface area (Å²) in [5.74, 6) is -0.234. The largest absolute Gasteiger partial charge is 0.370 e. The lowest BCUT2D eigenvalue weighted by molar-refractivity contribution is -0.118. The second-order valence-corrected chi connectivity index (χ2v) is 5.96. The molecule has 5 heteroatoms. The third-order valence-corrected chi connectivity index (χ3v) is 3.90. The minimum atomic E-state index is -0.234. The number of thiophene rings is 1. The van der Waals surface area contributed by atoms with E-state index in [4.69, 9.17) is 11.5 Å². The van der Waals surface area contributed by atoms with Gasteiger partial charge in [-0.3, -0.25) is 4.79 Å². The summed E-state index contributed by atoms with van der Waals surface area (Å²) >= 11 is 5.06. The highest BCUT2D eigenvalue weighted by Gasteiger charge is 2.08.